The molecule has 3 N–H and O–H groups in total. The first-order valence-corrected chi connectivity index (χ1v) is 10.3. The molecular weight excluding hydrogens is 390 g/mol. The van der Waals surface area contributed by atoms with Crippen molar-refractivity contribution in [3.63, 3.8) is 0 Å². The number of aromatic nitrogens is 1. The van der Waals surface area contributed by atoms with Crippen LogP contribution in [-0.4, -0.2) is 23.2 Å². The molecule has 0 bridgehead atoms. The van der Waals surface area contributed by atoms with E-state index in [9.17, 15) is 0 Å². The Morgan fingerprint density at radius 2 is 1.89 bits per heavy atom. The van der Waals surface area contributed by atoms with Crippen molar-refractivity contribution in [2.75, 3.05) is 18.5 Å². The van der Waals surface area contributed by atoms with Gasteiger partial charge in [-0.1, -0.05) is 54.1 Å². The number of nitrogens with one attached hydrogen (secondary N) is 2. The van der Waals surface area contributed by atoms with Gasteiger partial charge in [-0.2, -0.15) is 0 Å². The van der Waals surface area contributed by atoms with E-state index in [0.29, 0.717) is 18.1 Å². The molecule has 28 heavy (non-hydrogen) atoms. The van der Waals surface area contributed by atoms with Crippen molar-refractivity contribution in [2.24, 2.45) is 0 Å². The van der Waals surface area contributed by atoms with Crippen LogP contribution in [0.1, 0.15) is 5.56 Å². The van der Waals surface area contributed by atoms with Crippen LogP contribution in [0.4, 0.5) is 11.5 Å². The lowest BCUT2D eigenvalue weighted by Crippen LogP contribution is -2.17. The van der Waals surface area contributed by atoms with Crippen molar-refractivity contribution < 1.29 is 5.11 Å². The lowest BCUT2D eigenvalue weighted by Gasteiger charge is -2.12. The summed E-state index contributed by atoms with van der Waals surface area (Å²) in [6.45, 7) is 1.43. The zero-order chi connectivity index (χ0) is 19.3. The number of aliphatic hydroxyl groups is 1. The van der Waals surface area contributed by atoms with Gasteiger partial charge in [0.2, 0.25) is 0 Å². The summed E-state index contributed by atoms with van der Waals surface area (Å²) in [4.78, 5) is 4.54. The molecule has 2 heterocycles. The summed E-state index contributed by atoms with van der Waals surface area (Å²) < 4.78 is 1.09. The van der Waals surface area contributed by atoms with E-state index >= 15 is 0 Å². The second-order valence-corrected chi connectivity index (χ2v) is 7.61. The Kier molecular flexibility index (Phi) is 5.88. The Bertz CT molecular complexity index is 1080. The highest BCUT2D eigenvalue weighted by molar-refractivity contribution is 7.18. The average Bonchev–Trinajstić information content (AvgIpc) is 3.15. The molecule has 0 spiro atoms. The van der Waals surface area contributed by atoms with Crippen LogP contribution in [-0.2, 0) is 6.54 Å². The van der Waals surface area contributed by atoms with E-state index in [-0.39, 0.29) is 6.61 Å². The fraction of sp³-hybridized carbons (Fsp3) is 0.136. The third kappa shape index (κ3) is 3.88. The summed E-state index contributed by atoms with van der Waals surface area (Å²) in [7, 11) is 0. The normalized spacial score (nSPS) is 11.1. The number of thiophene rings is 1. The second kappa shape index (κ2) is 8.71. The molecule has 142 valence electrons. The van der Waals surface area contributed by atoms with Gasteiger partial charge in [0, 0.05) is 30.2 Å². The fourth-order valence-corrected chi connectivity index (χ4v) is 4.43. The predicted octanol–water partition coefficient (Wildman–Crippen LogP) is 5.44. The van der Waals surface area contributed by atoms with Gasteiger partial charge in [-0.05, 0) is 28.6 Å². The molecule has 4 rings (SSSR count). The zero-order valence-electron chi connectivity index (χ0n) is 15.2. The number of halogens is 1. The van der Waals surface area contributed by atoms with Gasteiger partial charge in [-0.15, -0.1) is 11.3 Å². The van der Waals surface area contributed by atoms with E-state index in [1.54, 1.807) is 11.3 Å². The molecule has 2 aromatic heterocycles. The van der Waals surface area contributed by atoms with Gasteiger partial charge in [0.1, 0.15) is 5.82 Å². The molecule has 4 nitrogen and oxygen atoms in total. The van der Waals surface area contributed by atoms with Crippen LogP contribution in [0.15, 0.2) is 66.2 Å². The van der Waals surface area contributed by atoms with Crippen LogP contribution >= 0.6 is 22.9 Å². The third-order valence-electron chi connectivity index (χ3n) is 4.51. The maximum absolute atomic E-state index is 8.95. The molecule has 0 atom stereocenters. The molecule has 0 saturated heterocycles. The van der Waals surface area contributed by atoms with E-state index in [1.165, 1.54) is 5.56 Å². The van der Waals surface area contributed by atoms with Crippen LogP contribution in [0, 0.1) is 0 Å². The van der Waals surface area contributed by atoms with E-state index in [4.69, 9.17) is 16.7 Å². The maximum atomic E-state index is 8.95. The summed E-state index contributed by atoms with van der Waals surface area (Å²) in [5.74, 6) is 0.794. The average molecular weight is 410 g/mol. The molecule has 0 unspecified atom stereocenters. The molecule has 0 amide bonds. The van der Waals surface area contributed by atoms with Gasteiger partial charge in [0.05, 0.1) is 22.0 Å². The summed E-state index contributed by atoms with van der Waals surface area (Å²) in [5.41, 5.74) is 4.09. The fourth-order valence-electron chi connectivity index (χ4n) is 3.14. The molecular formula is C22H20ClN3OS. The van der Waals surface area contributed by atoms with Gasteiger partial charge < -0.3 is 15.7 Å². The van der Waals surface area contributed by atoms with Gasteiger partial charge in [0.15, 0.2) is 0 Å². The predicted molar refractivity (Wildman–Crippen MR) is 119 cm³/mol. The Hall–Kier alpha value is -2.44. The SMILES string of the molecule is OCCNCc1csc2c(Nc3cccc(-c4ccccc4)c3Cl)nccc12. The summed E-state index contributed by atoms with van der Waals surface area (Å²) >= 11 is 8.37. The number of hydrogen-bond acceptors (Lipinski definition) is 5. The minimum absolute atomic E-state index is 0.132. The number of fused-ring (bicyclic) bond motifs is 1. The lowest BCUT2D eigenvalue weighted by atomic mass is 10.1. The molecule has 2 aromatic carbocycles. The van der Waals surface area contributed by atoms with Crippen LogP contribution in [0.3, 0.4) is 0 Å². The van der Waals surface area contributed by atoms with Gasteiger partial charge >= 0.3 is 0 Å². The highest BCUT2D eigenvalue weighted by atomic mass is 35.5. The van der Waals surface area contributed by atoms with Crippen LogP contribution in [0.25, 0.3) is 21.2 Å². The first-order chi connectivity index (χ1) is 13.8. The van der Waals surface area contributed by atoms with Gasteiger partial charge in [0.25, 0.3) is 0 Å². The first kappa shape index (κ1) is 18.9. The molecule has 0 aliphatic carbocycles. The Balaban J connectivity index is 1.66. The standard InChI is InChI=1S/C22H20ClN3OS/c23-20-17(15-5-2-1-3-6-15)7-4-8-19(20)26-22-21-18(9-10-25-22)16(14-28-21)13-24-11-12-27/h1-10,14,24,27H,11-13H2,(H,25,26). The highest BCUT2D eigenvalue weighted by Crippen LogP contribution is 2.37. The minimum atomic E-state index is 0.132. The van der Waals surface area contributed by atoms with Crippen molar-refractivity contribution >= 4 is 44.5 Å². The molecule has 0 aliphatic heterocycles. The number of aliphatic hydroxyl groups excluding tert-OH is 1. The topological polar surface area (TPSA) is 57.2 Å². The molecule has 0 aliphatic rings. The van der Waals surface area contributed by atoms with Crippen molar-refractivity contribution in [1.29, 1.82) is 0 Å². The van der Waals surface area contributed by atoms with Crippen LogP contribution in [0.2, 0.25) is 5.02 Å². The maximum Gasteiger partial charge on any atom is 0.148 e. The van der Waals surface area contributed by atoms with Crippen molar-refractivity contribution in [3.05, 3.63) is 76.8 Å². The summed E-state index contributed by atoms with van der Waals surface area (Å²) in [5, 5.41) is 19.6. The minimum Gasteiger partial charge on any atom is -0.395 e. The number of nitrogens with zero attached hydrogens (tertiary/aromatic N) is 1. The van der Waals surface area contributed by atoms with E-state index in [0.717, 1.165) is 32.7 Å². The van der Waals surface area contributed by atoms with Gasteiger partial charge in [-0.25, -0.2) is 4.98 Å². The van der Waals surface area contributed by atoms with Crippen molar-refractivity contribution in [1.82, 2.24) is 10.3 Å². The van der Waals surface area contributed by atoms with Crippen molar-refractivity contribution in [3.8, 4) is 11.1 Å². The lowest BCUT2D eigenvalue weighted by molar-refractivity contribution is 0.292. The quantitative estimate of drug-likeness (QED) is 0.355. The Morgan fingerprint density at radius 3 is 2.71 bits per heavy atom. The number of hydrogen-bond donors (Lipinski definition) is 3. The molecule has 6 heteroatoms. The molecule has 0 radical (unpaired) electrons. The first-order valence-electron chi connectivity index (χ1n) is 9.05. The smallest absolute Gasteiger partial charge is 0.148 e. The van der Waals surface area contributed by atoms with Crippen LogP contribution < -0.4 is 10.6 Å². The largest absolute Gasteiger partial charge is 0.395 e. The number of anilines is 2. The third-order valence-corrected chi connectivity index (χ3v) is 5.97. The zero-order valence-corrected chi connectivity index (χ0v) is 16.7. The highest BCUT2D eigenvalue weighted by Gasteiger charge is 2.12. The van der Waals surface area contributed by atoms with Crippen LogP contribution in [0.5, 0.6) is 0 Å². The monoisotopic (exact) mass is 409 g/mol. The Morgan fingerprint density at radius 1 is 1.04 bits per heavy atom. The van der Waals surface area contributed by atoms with E-state index in [2.05, 4.69) is 33.1 Å². The van der Waals surface area contributed by atoms with E-state index < -0.39 is 0 Å². The molecule has 0 saturated carbocycles. The van der Waals surface area contributed by atoms with Crippen molar-refractivity contribution in [2.45, 2.75) is 6.54 Å². The number of pyridine rings is 1. The molecule has 0 fully saturated rings. The second-order valence-electron chi connectivity index (χ2n) is 6.36. The van der Waals surface area contributed by atoms with Gasteiger partial charge in [-0.3, -0.25) is 0 Å². The Labute approximate surface area is 172 Å². The number of rotatable bonds is 7. The summed E-state index contributed by atoms with van der Waals surface area (Å²) in [6.07, 6.45) is 1.81. The summed E-state index contributed by atoms with van der Waals surface area (Å²) in [6, 6.07) is 18.1. The molecule has 4 aromatic rings. The van der Waals surface area contributed by atoms with E-state index in [1.807, 2.05) is 48.7 Å². The number of benzene rings is 2.